The Labute approximate surface area is 191 Å². The molecular weight excluding hydrogens is 452 g/mol. The highest BCUT2D eigenvalue weighted by Crippen LogP contribution is 2.23. The number of esters is 1. The summed E-state index contributed by atoms with van der Waals surface area (Å²) in [7, 11) is -3.99. The number of amides is 1. The predicted octanol–water partition coefficient (Wildman–Crippen LogP) is 3.92. The van der Waals surface area contributed by atoms with Gasteiger partial charge in [0.1, 0.15) is 4.90 Å². The summed E-state index contributed by atoms with van der Waals surface area (Å²) < 4.78 is 32.8. The van der Waals surface area contributed by atoms with Crippen molar-refractivity contribution in [3.63, 3.8) is 0 Å². The number of halogens is 1. The van der Waals surface area contributed by atoms with Crippen LogP contribution in [0.3, 0.4) is 0 Å². The second kappa shape index (κ2) is 10.4. The van der Waals surface area contributed by atoms with E-state index in [0.717, 1.165) is 17.2 Å². The van der Waals surface area contributed by atoms with Crippen LogP contribution in [0.5, 0.6) is 0 Å². The summed E-state index contributed by atoms with van der Waals surface area (Å²) in [6, 6.07) is 19.9. The average Bonchev–Trinajstić information content (AvgIpc) is 2.77. The SMILES string of the molecule is Cc1cccc(NC(=O)COC(=O)c2ccc(Cl)c(S(=O)(=O)NCc3ccccc3)c2)c1. The van der Waals surface area contributed by atoms with E-state index in [2.05, 4.69) is 10.0 Å². The fraction of sp³-hybridized carbons (Fsp3) is 0.130. The molecule has 3 aromatic carbocycles. The number of carbonyl (C=O) groups is 2. The smallest absolute Gasteiger partial charge is 0.338 e. The molecule has 0 aliphatic carbocycles. The molecule has 0 unspecified atom stereocenters. The number of hydrogen-bond donors (Lipinski definition) is 2. The summed E-state index contributed by atoms with van der Waals surface area (Å²) in [6.45, 7) is 1.42. The first-order chi connectivity index (χ1) is 15.2. The van der Waals surface area contributed by atoms with Crippen molar-refractivity contribution in [2.24, 2.45) is 0 Å². The van der Waals surface area contributed by atoms with Gasteiger partial charge in [-0.3, -0.25) is 4.79 Å². The maximum Gasteiger partial charge on any atom is 0.338 e. The van der Waals surface area contributed by atoms with E-state index in [1.54, 1.807) is 42.5 Å². The van der Waals surface area contributed by atoms with Crippen LogP contribution in [0.1, 0.15) is 21.5 Å². The standard InChI is InChI=1S/C23H21ClN2O5S/c1-16-6-5-9-19(12-16)26-22(27)15-31-23(28)18-10-11-20(24)21(13-18)32(29,30)25-14-17-7-3-2-4-8-17/h2-13,25H,14-15H2,1H3,(H,26,27). The number of benzene rings is 3. The first kappa shape index (κ1) is 23.5. The maximum atomic E-state index is 12.7. The quantitative estimate of drug-likeness (QED) is 0.484. The number of carbonyl (C=O) groups excluding carboxylic acids is 2. The van der Waals surface area contributed by atoms with Crippen LogP contribution in [0, 0.1) is 6.92 Å². The van der Waals surface area contributed by atoms with Gasteiger partial charge >= 0.3 is 5.97 Å². The summed E-state index contributed by atoms with van der Waals surface area (Å²) in [5.74, 6) is -1.36. The summed E-state index contributed by atoms with van der Waals surface area (Å²) in [6.07, 6.45) is 0. The molecule has 0 heterocycles. The topological polar surface area (TPSA) is 102 Å². The summed E-state index contributed by atoms with van der Waals surface area (Å²) >= 11 is 6.06. The lowest BCUT2D eigenvalue weighted by Gasteiger charge is -2.11. The van der Waals surface area contributed by atoms with Crippen LogP contribution in [-0.4, -0.2) is 26.9 Å². The number of hydrogen-bond acceptors (Lipinski definition) is 5. The van der Waals surface area contributed by atoms with Crippen LogP contribution in [0.4, 0.5) is 5.69 Å². The zero-order valence-corrected chi connectivity index (χ0v) is 18.7. The van der Waals surface area contributed by atoms with Crippen molar-refractivity contribution in [2.45, 2.75) is 18.4 Å². The van der Waals surface area contributed by atoms with E-state index in [1.807, 2.05) is 19.1 Å². The third kappa shape index (κ3) is 6.40. The molecule has 166 valence electrons. The van der Waals surface area contributed by atoms with Crippen LogP contribution < -0.4 is 10.0 Å². The molecule has 0 aliphatic rings. The molecule has 3 rings (SSSR count). The Morgan fingerprint density at radius 3 is 2.44 bits per heavy atom. The van der Waals surface area contributed by atoms with Gasteiger partial charge in [-0.2, -0.15) is 0 Å². The van der Waals surface area contributed by atoms with Gasteiger partial charge in [0.25, 0.3) is 5.91 Å². The zero-order chi connectivity index (χ0) is 23.1. The normalized spacial score (nSPS) is 11.1. The number of ether oxygens (including phenoxy) is 1. The molecule has 0 spiro atoms. The molecule has 9 heteroatoms. The second-order valence-corrected chi connectivity index (χ2v) is 9.09. The van der Waals surface area contributed by atoms with Gasteiger partial charge < -0.3 is 10.1 Å². The molecule has 0 saturated heterocycles. The van der Waals surface area contributed by atoms with Crippen molar-refractivity contribution in [3.8, 4) is 0 Å². The van der Waals surface area contributed by atoms with Crippen molar-refractivity contribution < 1.29 is 22.7 Å². The minimum absolute atomic E-state index is 0.0423. The fourth-order valence-electron chi connectivity index (χ4n) is 2.82. The molecule has 0 bridgehead atoms. The number of sulfonamides is 1. The Kier molecular flexibility index (Phi) is 7.63. The molecule has 3 aromatic rings. The fourth-order valence-corrected chi connectivity index (χ4v) is 4.36. The molecule has 0 aromatic heterocycles. The number of aryl methyl sites for hydroxylation is 1. The summed E-state index contributed by atoms with van der Waals surface area (Å²) in [5, 5.41) is 2.58. The molecular formula is C23H21ClN2O5S. The molecule has 32 heavy (non-hydrogen) atoms. The van der Waals surface area contributed by atoms with E-state index in [4.69, 9.17) is 16.3 Å². The van der Waals surface area contributed by atoms with E-state index in [0.29, 0.717) is 5.69 Å². The lowest BCUT2D eigenvalue weighted by Crippen LogP contribution is -2.24. The Morgan fingerprint density at radius 2 is 1.72 bits per heavy atom. The van der Waals surface area contributed by atoms with E-state index >= 15 is 0 Å². The molecule has 2 N–H and O–H groups in total. The largest absolute Gasteiger partial charge is 0.452 e. The Hall–Kier alpha value is -3.20. The monoisotopic (exact) mass is 472 g/mol. The van der Waals surface area contributed by atoms with Crippen LogP contribution in [0.2, 0.25) is 5.02 Å². The van der Waals surface area contributed by atoms with Crippen molar-refractivity contribution in [1.82, 2.24) is 4.72 Å². The lowest BCUT2D eigenvalue weighted by atomic mass is 10.2. The second-order valence-electron chi connectivity index (χ2n) is 6.95. The third-order valence-electron chi connectivity index (χ3n) is 4.40. The van der Waals surface area contributed by atoms with Gasteiger partial charge in [0.05, 0.1) is 10.6 Å². The molecule has 0 fully saturated rings. The first-order valence-corrected chi connectivity index (χ1v) is 11.5. The van der Waals surface area contributed by atoms with Crippen LogP contribution in [-0.2, 0) is 26.1 Å². The van der Waals surface area contributed by atoms with Crippen molar-refractivity contribution in [3.05, 3.63) is 94.5 Å². The van der Waals surface area contributed by atoms with Crippen molar-refractivity contribution in [2.75, 3.05) is 11.9 Å². The van der Waals surface area contributed by atoms with Crippen LogP contribution in [0.15, 0.2) is 77.7 Å². The zero-order valence-electron chi connectivity index (χ0n) is 17.2. The number of nitrogens with one attached hydrogen (secondary N) is 2. The van der Waals surface area contributed by atoms with Gasteiger partial charge in [0.2, 0.25) is 10.0 Å². The Morgan fingerprint density at radius 1 is 0.969 bits per heavy atom. The Bertz CT molecular complexity index is 1230. The highest BCUT2D eigenvalue weighted by molar-refractivity contribution is 7.89. The molecule has 1 amide bonds. The molecule has 0 aliphatic heterocycles. The van der Waals surface area contributed by atoms with Gasteiger partial charge in [-0.05, 0) is 48.4 Å². The summed E-state index contributed by atoms with van der Waals surface area (Å²) in [5.41, 5.74) is 2.27. The average molecular weight is 473 g/mol. The Balaban J connectivity index is 1.64. The van der Waals surface area contributed by atoms with Crippen LogP contribution in [0.25, 0.3) is 0 Å². The highest BCUT2D eigenvalue weighted by atomic mass is 35.5. The molecule has 0 saturated carbocycles. The third-order valence-corrected chi connectivity index (χ3v) is 6.28. The maximum absolute atomic E-state index is 12.7. The molecule has 0 atom stereocenters. The van der Waals surface area contributed by atoms with Gasteiger partial charge in [-0.1, -0.05) is 54.1 Å². The van der Waals surface area contributed by atoms with Gasteiger partial charge in [0, 0.05) is 12.2 Å². The number of anilines is 1. The molecule has 0 radical (unpaired) electrons. The van der Waals surface area contributed by atoms with Gasteiger partial charge in [-0.25, -0.2) is 17.9 Å². The minimum atomic E-state index is -3.99. The van der Waals surface area contributed by atoms with Crippen molar-refractivity contribution in [1.29, 1.82) is 0 Å². The molecule has 7 nitrogen and oxygen atoms in total. The van der Waals surface area contributed by atoms with Gasteiger partial charge in [0.15, 0.2) is 6.61 Å². The van der Waals surface area contributed by atoms with E-state index in [-0.39, 0.29) is 22.0 Å². The predicted molar refractivity (Wildman–Crippen MR) is 122 cm³/mol. The first-order valence-electron chi connectivity index (χ1n) is 9.61. The van der Waals surface area contributed by atoms with E-state index in [1.165, 1.54) is 12.1 Å². The van der Waals surface area contributed by atoms with E-state index < -0.39 is 28.5 Å². The summed E-state index contributed by atoms with van der Waals surface area (Å²) in [4.78, 5) is 24.2. The number of rotatable bonds is 8. The van der Waals surface area contributed by atoms with Crippen molar-refractivity contribution >= 4 is 39.2 Å². The highest BCUT2D eigenvalue weighted by Gasteiger charge is 2.21. The minimum Gasteiger partial charge on any atom is -0.452 e. The van der Waals surface area contributed by atoms with Gasteiger partial charge in [-0.15, -0.1) is 0 Å². The lowest BCUT2D eigenvalue weighted by molar-refractivity contribution is -0.119. The van der Waals surface area contributed by atoms with Crippen LogP contribution >= 0.6 is 11.6 Å². The van der Waals surface area contributed by atoms with E-state index in [9.17, 15) is 18.0 Å².